The number of thioether (sulfide) groups is 1. The molecule has 2 atom stereocenters. The van der Waals surface area contributed by atoms with E-state index in [4.69, 9.17) is 0 Å². The smallest absolute Gasteiger partial charge is 0.237 e. The second-order valence-corrected chi connectivity index (χ2v) is 10.2. The van der Waals surface area contributed by atoms with E-state index in [2.05, 4.69) is 10.6 Å². The molecule has 1 aliphatic rings. The van der Waals surface area contributed by atoms with E-state index in [-0.39, 0.29) is 27.7 Å². The van der Waals surface area contributed by atoms with E-state index in [0.29, 0.717) is 12.2 Å². The van der Waals surface area contributed by atoms with Gasteiger partial charge in [0.25, 0.3) is 0 Å². The number of fused-ring (bicyclic) bond motifs is 1. The van der Waals surface area contributed by atoms with Crippen LogP contribution in [0.1, 0.15) is 19.4 Å². The first kappa shape index (κ1) is 20.4. The van der Waals surface area contributed by atoms with Gasteiger partial charge < -0.3 is 10.6 Å². The van der Waals surface area contributed by atoms with Crippen molar-refractivity contribution < 1.29 is 18.0 Å². The lowest BCUT2D eigenvalue weighted by Crippen LogP contribution is -2.32. The highest BCUT2D eigenvalue weighted by Gasteiger charge is 2.27. The van der Waals surface area contributed by atoms with Gasteiger partial charge in [0.2, 0.25) is 11.8 Å². The summed E-state index contributed by atoms with van der Waals surface area (Å²) < 4.78 is 25.5. The molecule has 0 unspecified atom stereocenters. The molecule has 0 saturated heterocycles. The maximum Gasteiger partial charge on any atom is 0.237 e. The van der Waals surface area contributed by atoms with Crippen molar-refractivity contribution in [2.75, 3.05) is 11.1 Å². The van der Waals surface area contributed by atoms with Crippen LogP contribution >= 0.6 is 11.8 Å². The third-order valence-electron chi connectivity index (χ3n) is 4.47. The Morgan fingerprint density at radius 2 is 1.93 bits per heavy atom. The molecule has 2 aromatic carbocycles. The molecule has 6 nitrogen and oxygen atoms in total. The number of hydrogen-bond acceptors (Lipinski definition) is 5. The van der Waals surface area contributed by atoms with E-state index in [1.54, 1.807) is 19.9 Å². The van der Waals surface area contributed by atoms with Crippen LogP contribution in [0, 0.1) is 5.92 Å². The fourth-order valence-electron chi connectivity index (χ4n) is 2.84. The Balaban J connectivity index is 1.67. The fourth-order valence-corrected chi connectivity index (χ4v) is 5.35. The monoisotopic (exact) mass is 418 g/mol. The van der Waals surface area contributed by atoms with Crippen LogP contribution in [0.5, 0.6) is 0 Å². The van der Waals surface area contributed by atoms with Crippen LogP contribution in [0.3, 0.4) is 0 Å². The molecule has 3 rings (SSSR count). The zero-order chi connectivity index (χ0) is 20.3. The number of rotatable bonds is 6. The first-order valence-corrected chi connectivity index (χ1v) is 11.5. The molecular weight excluding hydrogens is 396 g/mol. The van der Waals surface area contributed by atoms with Gasteiger partial charge in [-0.1, -0.05) is 37.3 Å². The standard InChI is InChI=1S/C20H22N2O4S2/c1-13(19(23)21-11-15-6-4-3-5-7-15)12-28(25,26)16-8-9-18-17(10-16)22-20(24)14(2)27-18/h3-10,13-14H,11-12H2,1-2H3,(H,21,23)(H,22,24)/t13-,14+/m1/s1. The SMILES string of the molecule is C[C@H](CS(=O)(=O)c1ccc2c(c1)NC(=O)[C@H](C)S2)C(=O)NCc1ccccc1. The molecule has 0 aromatic heterocycles. The van der Waals surface area contributed by atoms with E-state index in [1.165, 1.54) is 23.9 Å². The molecule has 0 saturated carbocycles. The van der Waals surface area contributed by atoms with Crippen molar-refractivity contribution in [2.24, 2.45) is 5.92 Å². The maximum atomic E-state index is 12.8. The number of sulfone groups is 1. The van der Waals surface area contributed by atoms with Crippen molar-refractivity contribution in [3.05, 3.63) is 54.1 Å². The predicted molar refractivity (Wildman–Crippen MR) is 110 cm³/mol. The number of carbonyl (C=O) groups excluding carboxylic acids is 2. The van der Waals surface area contributed by atoms with Crippen LogP contribution in [0.4, 0.5) is 5.69 Å². The summed E-state index contributed by atoms with van der Waals surface area (Å²) in [6.07, 6.45) is 0. The molecule has 28 heavy (non-hydrogen) atoms. The number of nitrogens with one attached hydrogen (secondary N) is 2. The molecule has 0 bridgehead atoms. The largest absolute Gasteiger partial charge is 0.352 e. The van der Waals surface area contributed by atoms with Gasteiger partial charge in [-0.05, 0) is 30.7 Å². The van der Waals surface area contributed by atoms with Crippen molar-refractivity contribution in [1.82, 2.24) is 5.32 Å². The van der Waals surface area contributed by atoms with Crippen LogP contribution in [-0.4, -0.2) is 31.2 Å². The lowest BCUT2D eigenvalue weighted by Gasteiger charge is -2.22. The van der Waals surface area contributed by atoms with Crippen molar-refractivity contribution in [3.63, 3.8) is 0 Å². The molecule has 0 spiro atoms. The summed E-state index contributed by atoms with van der Waals surface area (Å²) in [5, 5.41) is 5.28. The maximum absolute atomic E-state index is 12.8. The Kier molecular flexibility index (Phi) is 6.10. The van der Waals surface area contributed by atoms with Crippen LogP contribution < -0.4 is 10.6 Å². The van der Waals surface area contributed by atoms with Crippen LogP contribution in [-0.2, 0) is 26.0 Å². The lowest BCUT2D eigenvalue weighted by atomic mass is 10.2. The van der Waals surface area contributed by atoms with Crippen molar-refractivity contribution in [1.29, 1.82) is 0 Å². The van der Waals surface area contributed by atoms with Crippen molar-refractivity contribution in [2.45, 2.75) is 35.4 Å². The molecule has 0 radical (unpaired) electrons. The van der Waals surface area contributed by atoms with E-state index < -0.39 is 15.8 Å². The van der Waals surface area contributed by atoms with Crippen LogP contribution in [0.2, 0.25) is 0 Å². The van der Waals surface area contributed by atoms with Crippen molar-refractivity contribution in [3.8, 4) is 0 Å². The minimum Gasteiger partial charge on any atom is -0.352 e. The highest BCUT2D eigenvalue weighted by molar-refractivity contribution is 8.01. The molecule has 1 aliphatic heterocycles. The van der Waals surface area contributed by atoms with E-state index in [9.17, 15) is 18.0 Å². The quantitative estimate of drug-likeness (QED) is 0.753. The van der Waals surface area contributed by atoms with Gasteiger partial charge in [-0.15, -0.1) is 11.8 Å². The van der Waals surface area contributed by atoms with Gasteiger partial charge in [-0.2, -0.15) is 0 Å². The zero-order valence-electron chi connectivity index (χ0n) is 15.6. The Hall–Kier alpha value is -2.32. The topological polar surface area (TPSA) is 92.3 Å². The Morgan fingerprint density at radius 3 is 2.64 bits per heavy atom. The number of anilines is 1. The second-order valence-electron chi connectivity index (χ2n) is 6.79. The minimum absolute atomic E-state index is 0.101. The van der Waals surface area contributed by atoms with Gasteiger partial charge in [-0.25, -0.2) is 8.42 Å². The first-order valence-electron chi connectivity index (χ1n) is 8.92. The molecule has 2 N–H and O–H groups in total. The third-order valence-corrected chi connectivity index (χ3v) is 7.56. The Bertz CT molecular complexity index is 991. The Morgan fingerprint density at radius 1 is 1.21 bits per heavy atom. The molecule has 2 amide bonds. The Labute approximate surface area is 169 Å². The summed E-state index contributed by atoms with van der Waals surface area (Å²) in [5.74, 6) is -1.47. The van der Waals surface area contributed by atoms with E-state index in [1.807, 2.05) is 30.3 Å². The van der Waals surface area contributed by atoms with Gasteiger partial charge in [0, 0.05) is 17.4 Å². The number of hydrogen-bond donors (Lipinski definition) is 2. The summed E-state index contributed by atoms with van der Waals surface area (Å²) in [5.41, 5.74) is 1.44. The first-order chi connectivity index (χ1) is 13.3. The van der Waals surface area contributed by atoms with Gasteiger partial charge in [0.1, 0.15) is 0 Å². The van der Waals surface area contributed by atoms with Gasteiger partial charge >= 0.3 is 0 Å². The normalized spacial score (nSPS) is 17.4. The molecular formula is C20H22N2O4S2. The average Bonchev–Trinajstić information content (AvgIpc) is 2.67. The highest BCUT2D eigenvalue weighted by Crippen LogP contribution is 2.37. The third kappa shape index (κ3) is 4.74. The van der Waals surface area contributed by atoms with Crippen LogP contribution in [0.15, 0.2) is 58.3 Å². The summed E-state index contributed by atoms with van der Waals surface area (Å²) >= 11 is 1.39. The van der Waals surface area contributed by atoms with E-state index >= 15 is 0 Å². The predicted octanol–water partition coefficient (Wildman–Crippen LogP) is 2.85. The molecule has 0 aliphatic carbocycles. The second kappa shape index (κ2) is 8.36. The molecule has 1 heterocycles. The van der Waals surface area contributed by atoms with Gasteiger partial charge in [-0.3, -0.25) is 9.59 Å². The highest BCUT2D eigenvalue weighted by atomic mass is 32.2. The molecule has 8 heteroatoms. The van der Waals surface area contributed by atoms with Crippen molar-refractivity contribution >= 4 is 39.1 Å². The molecule has 148 valence electrons. The van der Waals surface area contributed by atoms with Gasteiger partial charge in [0.05, 0.1) is 21.6 Å². The summed E-state index contributed by atoms with van der Waals surface area (Å²) in [6.45, 7) is 3.74. The summed E-state index contributed by atoms with van der Waals surface area (Å²) in [4.78, 5) is 25.1. The number of amides is 2. The molecule has 2 aromatic rings. The lowest BCUT2D eigenvalue weighted by molar-refractivity contribution is -0.124. The summed E-state index contributed by atoms with van der Waals surface area (Å²) in [6, 6.07) is 14.1. The fraction of sp³-hybridized carbons (Fsp3) is 0.300. The number of benzene rings is 2. The minimum atomic E-state index is -3.67. The average molecular weight is 419 g/mol. The summed E-state index contributed by atoms with van der Waals surface area (Å²) in [7, 11) is -3.67. The van der Waals surface area contributed by atoms with Crippen LogP contribution in [0.25, 0.3) is 0 Å². The molecule has 0 fully saturated rings. The van der Waals surface area contributed by atoms with E-state index in [0.717, 1.165) is 10.5 Å². The number of carbonyl (C=O) groups is 2. The van der Waals surface area contributed by atoms with Gasteiger partial charge in [0.15, 0.2) is 9.84 Å². The zero-order valence-corrected chi connectivity index (χ0v) is 17.3.